The SMILES string of the molecule is CCC(C)NC(=O)C(C)N(Cc1ccc(C)cc1)C(=O)Cc1ccc(Cl)c(Cl)c1. The second-order valence-electron chi connectivity index (χ2n) is 7.43. The summed E-state index contributed by atoms with van der Waals surface area (Å²) < 4.78 is 0. The lowest BCUT2D eigenvalue weighted by Gasteiger charge is -2.30. The molecule has 0 aliphatic rings. The molecule has 0 fully saturated rings. The summed E-state index contributed by atoms with van der Waals surface area (Å²) in [5, 5.41) is 3.82. The largest absolute Gasteiger partial charge is 0.352 e. The van der Waals surface area contributed by atoms with Crippen molar-refractivity contribution in [1.29, 1.82) is 0 Å². The molecule has 0 aromatic heterocycles. The molecule has 6 heteroatoms. The van der Waals surface area contributed by atoms with Crippen molar-refractivity contribution in [3.63, 3.8) is 0 Å². The maximum absolute atomic E-state index is 13.2. The summed E-state index contributed by atoms with van der Waals surface area (Å²) in [5.74, 6) is -0.301. The number of nitrogens with zero attached hydrogens (tertiary/aromatic N) is 1. The number of carbonyl (C=O) groups excluding carboxylic acids is 2. The number of hydrogen-bond acceptors (Lipinski definition) is 2. The highest BCUT2D eigenvalue weighted by Crippen LogP contribution is 2.23. The van der Waals surface area contributed by atoms with E-state index in [4.69, 9.17) is 23.2 Å². The molecule has 2 atom stereocenters. The molecule has 156 valence electrons. The molecule has 0 aliphatic carbocycles. The summed E-state index contributed by atoms with van der Waals surface area (Å²) in [7, 11) is 0. The zero-order valence-electron chi connectivity index (χ0n) is 17.3. The van der Waals surface area contributed by atoms with Crippen LogP contribution in [0.3, 0.4) is 0 Å². The minimum atomic E-state index is -0.597. The van der Waals surface area contributed by atoms with Crippen LogP contribution in [0.25, 0.3) is 0 Å². The minimum absolute atomic E-state index is 0.0522. The Balaban J connectivity index is 2.23. The highest BCUT2D eigenvalue weighted by Gasteiger charge is 2.27. The average molecular weight is 435 g/mol. The van der Waals surface area contributed by atoms with Crippen LogP contribution in [-0.4, -0.2) is 28.8 Å². The van der Waals surface area contributed by atoms with Gasteiger partial charge in [0.15, 0.2) is 0 Å². The minimum Gasteiger partial charge on any atom is -0.352 e. The van der Waals surface area contributed by atoms with Crippen molar-refractivity contribution in [2.45, 2.75) is 59.2 Å². The molecule has 0 radical (unpaired) electrons. The molecule has 0 saturated heterocycles. The Kier molecular flexibility index (Phi) is 8.54. The van der Waals surface area contributed by atoms with Gasteiger partial charge in [-0.3, -0.25) is 9.59 Å². The van der Waals surface area contributed by atoms with Crippen LogP contribution in [0.15, 0.2) is 42.5 Å². The first-order chi connectivity index (χ1) is 13.7. The standard InChI is InChI=1S/C23H28Cl2N2O2/c1-5-16(3)26-23(29)17(4)27(14-18-8-6-15(2)7-9-18)22(28)13-19-10-11-20(24)21(25)12-19/h6-12,16-17H,5,13-14H2,1-4H3,(H,26,29). The number of benzene rings is 2. The van der Waals surface area contributed by atoms with Gasteiger partial charge in [-0.05, 0) is 50.5 Å². The van der Waals surface area contributed by atoms with E-state index in [9.17, 15) is 9.59 Å². The Hall–Kier alpha value is -2.04. The first-order valence-electron chi connectivity index (χ1n) is 9.80. The van der Waals surface area contributed by atoms with Gasteiger partial charge in [0, 0.05) is 12.6 Å². The van der Waals surface area contributed by atoms with Gasteiger partial charge in [-0.15, -0.1) is 0 Å². The number of hydrogen-bond donors (Lipinski definition) is 1. The highest BCUT2D eigenvalue weighted by atomic mass is 35.5. The zero-order valence-corrected chi connectivity index (χ0v) is 18.8. The third-order valence-corrected chi connectivity index (χ3v) is 5.72. The Bertz CT molecular complexity index is 852. The molecule has 0 bridgehead atoms. The Morgan fingerprint density at radius 2 is 1.62 bits per heavy atom. The van der Waals surface area contributed by atoms with Crippen molar-refractivity contribution in [2.75, 3.05) is 0 Å². The van der Waals surface area contributed by atoms with Crippen LogP contribution in [0.4, 0.5) is 0 Å². The van der Waals surface area contributed by atoms with Gasteiger partial charge in [0.25, 0.3) is 0 Å². The molecular weight excluding hydrogens is 407 g/mol. The van der Waals surface area contributed by atoms with Gasteiger partial charge >= 0.3 is 0 Å². The van der Waals surface area contributed by atoms with Gasteiger partial charge in [0.2, 0.25) is 11.8 Å². The van der Waals surface area contributed by atoms with Gasteiger partial charge in [-0.2, -0.15) is 0 Å². The lowest BCUT2D eigenvalue weighted by molar-refractivity contribution is -0.140. The van der Waals surface area contributed by atoms with Crippen molar-refractivity contribution < 1.29 is 9.59 Å². The maximum atomic E-state index is 13.2. The third kappa shape index (κ3) is 6.76. The molecule has 1 N–H and O–H groups in total. The van der Waals surface area contributed by atoms with Crippen LogP contribution >= 0.6 is 23.2 Å². The van der Waals surface area contributed by atoms with E-state index in [1.807, 2.05) is 45.0 Å². The monoisotopic (exact) mass is 434 g/mol. The smallest absolute Gasteiger partial charge is 0.242 e. The van der Waals surface area contributed by atoms with Crippen molar-refractivity contribution >= 4 is 35.0 Å². The fourth-order valence-electron chi connectivity index (χ4n) is 2.86. The van der Waals surface area contributed by atoms with E-state index in [1.165, 1.54) is 0 Å². The Labute approximate surface area is 183 Å². The van der Waals surface area contributed by atoms with Crippen molar-refractivity contribution in [3.8, 4) is 0 Å². The van der Waals surface area contributed by atoms with Gasteiger partial charge in [-0.25, -0.2) is 0 Å². The van der Waals surface area contributed by atoms with E-state index >= 15 is 0 Å². The van der Waals surface area contributed by atoms with Crippen LogP contribution in [-0.2, 0) is 22.6 Å². The molecule has 2 aromatic rings. The summed E-state index contributed by atoms with van der Waals surface area (Å²) in [6.07, 6.45) is 0.970. The number of nitrogens with one attached hydrogen (secondary N) is 1. The van der Waals surface area contributed by atoms with Crippen LogP contribution in [0.2, 0.25) is 10.0 Å². The number of rotatable bonds is 8. The molecule has 2 unspecified atom stereocenters. The van der Waals surface area contributed by atoms with Crippen molar-refractivity contribution in [2.24, 2.45) is 0 Å². The molecule has 0 heterocycles. The number of carbonyl (C=O) groups is 2. The first kappa shape index (κ1) is 23.2. The van der Waals surface area contributed by atoms with Crippen LogP contribution in [0.1, 0.15) is 43.9 Å². The molecule has 4 nitrogen and oxygen atoms in total. The molecule has 2 amide bonds. The number of amides is 2. The number of halogens is 2. The Morgan fingerprint density at radius 3 is 2.21 bits per heavy atom. The van der Waals surface area contributed by atoms with Crippen LogP contribution in [0.5, 0.6) is 0 Å². The van der Waals surface area contributed by atoms with E-state index in [0.29, 0.717) is 16.6 Å². The maximum Gasteiger partial charge on any atom is 0.242 e. The van der Waals surface area contributed by atoms with E-state index in [-0.39, 0.29) is 24.3 Å². The molecule has 2 rings (SSSR count). The predicted molar refractivity (Wildman–Crippen MR) is 119 cm³/mol. The molecule has 29 heavy (non-hydrogen) atoms. The van der Waals surface area contributed by atoms with E-state index in [2.05, 4.69) is 5.32 Å². The molecular formula is C23H28Cl2N2O2. The van der Waals surface area contributed by atoms with Crippen molar-refractivity contribution in [1.82, 2.24) is 10.2 Å². The predicted octanol–water partition coefficient (Wildman–Crippen LogP) is 5.18. The van der Waals surface area contributed by atoms with Gasteiger partial charge < -0.3 is 10.2 Å². The second kappa shape index (κ2) is 10.7. The fraction of sp³-hybridized carbons (Fsp3) is 0.391. The molecule has 0 saturated carbocycles. The van der Waals surface area contributed by atoms with Crippen LogP contribution < -0.4 is 5.32 Å². The summed E-state index contributed by atoms with van der Waals surface area (Å²) in [6.45, 7) is 8.09. The lowest BCUT2D eigenvalue weighted by Crippen LogP contribution is -2.49. The van der Waals surface area contributed by atoms with E-state index < -0.39 is 6.04 Å². The van der Waals surface area contributed by atoms with E-state index in [1.54, 1.807) is 30.0 Å². The van der Waals surface area contributed by atoms with Crippen molar-refractivity contribution in [3.05, 3.63) is 69.2 Å². The summed E-state index contributed by atoms with van der Waals surface area (Å²) in [6, 6.07) is 12.6. The normalized spacial score (nSPS) is 12.9. The van der Waals surface area contributed by atoms with Crippen LogP contribution in [0, 0.1) is 6.92 Å². The summed E-state index contributed by atoms with van der Waals surface area (Å²) in [5.41, 5.74) is 2.87. The first-order valence-corrected chi connectivity index (χ1v) is 10.6. The third-order valence-electron chi connectivity index (χ3n) is 4.98. The quantitative estimate of drug-likeness (QED) is 0.622. The van der Waals surface area contributed by atoms with Gasteiger partial charge in [0.1, 0.15) is 6.04 Å². The number of aryl methyl sites for hydroxylation is 1. The fourth-order valence-corrected chi connectivity index (χ4v) is 3.18. The van der Waals surface area contributed by atoms with E-state index in [0.717, 1.165) is 23.1 Å². The van der Waals surface area contributed by atoms with Gasteiger partial charge in [-0.1, -0.05) is 66.0 Å². The Morgan fingerprint density at radius 1 is 1.00 bits per heavy atom. The second-order valence-corrected chi connectivity index (χ2v) is 8.24. The molecule has 0 spiro atoms. The van der Waals surface area contributed by atoms with Gasteiger partial charge in [0.05, 0.1) is 16.5 Å². The average Bonchev–Trinajstić information content (AvgIpc) is 2.69. The highest BCUT2D eigenvalue weighted by molar-refractivity contribution is 6.42. The summed E-state index contributed by atoms with van der Waals surface area (Å²) in [4.78, 5) is 27.5. The topological polar surface area (TPSA) is 49.4 Å². The zero-order chi connectivity index (χ0) is 21.6. The molecule has 2 aromatic carbocycles. The lowest BCUT2D eigenvalue weighted by atomic mass is 10.1. The summed E-state index contributed by atoms with van der Waals surface area (Å²) >= 11 is 12.1. The molecule has 0 aliphatic heterocycles.